The molecule has 0 aliphatic rings. The van der Waals surface area contributed by atoms with Crippen LogP contribution in [0.5, 0.6) is 0 Å². The fourth-order valence-electron chi connectivity index (χ4n) is 1.92. The van der Waals surface area contributed by atoms with Gasteiger partial charge in [0.1, 0.15) is 23.1 Å². The van der Waals surface area contributed by atoms with E-state index < -0.39 is 5.91 Å². The van der Waals surface area contributed by atoms with Crippen LogP contribution in [0.4, 0.5) is 5.00 Å². The second-order valence-corrected chi connectivity index (χ2v) is 5.31. The summed E-state index contributed by atoms with van der Waals surface area (Å²) in [6.45, 7) is -0.264. The molecule has 0 saturated heterocycles. The van der Waals surface area contributed by atoms with Gasteiger partial charge in [-0.1, -0.05) is 17.3 Å². The van der Waals surface area contributed by atoms with Crippen molar-refractivity contribution in [3.8, 4) is 6.07 Å². The Hall–Kier alpha value is -3.05. The number of carbonyl (C=O) groups is 1. The quantitative estimate of drug-likeness (QED) is 0.787. The Bertz CT molecular complexity index is 954. The van der Waals surface area contributed by atoms with Crippen LogP contribution < -0.4 is 10.9 Å². The van der Waals surface area contributed by atoms with Crippen LogP contribution in [0.1, 0.15) is 5.56 Å². The van der Waals surface area contributed by atoms with Crippen molar-refractivity contribution in [2.75, 3.05) is 5.32 Å². The lowest BCUT2D eigenvalue weighted by molar-refractivity contribution is -0.117. The van der Waals surface area contributed by atoms with Gasteiger partial charge in [-0.25, -0.2) is 4.68 Å². The molecule has 3 aromatic rings. The topological polar surface area (TPSA) is 101 Å². The zero-order valence-corrected chi connectivity index (χ0v) is 12.0. The van der Waals surface area contributed by atoms with Gasteiger partial charge < -0.3 is 5.32 Å². The SMILES string of the molecule is N#Cc1ccsc1NC(=O)Cn1nnc2ccccc2c1=O. The van der Waals surface area contributed by atoms with Crippen molar-refractivity contribution in [2.24, 2.45) is 0 Å². The number of nitrogens with one attached hydrogen (secondary N) is 1. The number of thiophene rings is 1. The number of hydrogen-bond donors (Lipinski definition) is 1. The number of amides is 1. The molecule has 0 fully saturated rings. The molecule has 1 aromatic carbocycles. The first-order valence-corrected chi connectivity index (χ1v) is 7.17. The van der Waals surface area contributed by atoms with E-state index in [-0.39, 0.29) is 12.1 Å². The summed E-state index contributed by atoms with van der Waals surface area (Å²) < 4.78 is 0.997. The predicted octanol–water partition coefficient (Wildman–Crippen LogP) is 1.36. The van der Waals surface area contributed by atoms with Crippen molar-refractivity contribution >= 4 is 33.1 Å². The molecule has 0 unspecified atom stereocenters. The van der Waals surface area contributed by atoms with Crippen LogP contribution in [-0.2, 0) is 11.3 Å². The number of nitriles is 1. The van der Waals surface area contributed by atoms with E-state index >= 15 is 0 Å². The summed E-state index contributed by atoms with van der Waals surface area (Å²) in [7, 11) is 0. The summed E-state index contributed by atoms with van der Waals surface area (Å²) in [5, 5.41) is 21.7. The Kier molecular flexibility index (Phi) is 3.64. The standard InChI is InChI=1S/C14H9N5O2S/c15-7-9-5-6-22-13(9)16-12(20)8-19-14(21)10-3-1-2-4-11(10)17-18-19/h1-6H,8H2,(H,16,20). The highest BCUT2D eigenvalue weighted by Gasteiger charge is 2.12. The third kappa shape index (κ3) is 2.57. The molecule has 7 nitrogen and oxygen atoms in total. The maximum atomic E-state index is 12.2. The molecule has 0 aliphatic heterocycles. The van der Waals surface area contributed by atoms with E-state index in [0.29, 0.717) is 21.5 Å². The lowest BCUT2D eigenvalue weighted by atomic mass is 10.2. The minimum absolute atomic E-state index is 0.264. The molecule has 0 spiro atoms. The number of aromatic nitrogens is 3. The Balaban J connectivity index is 1.84. The molecule has 0 bridgehead atoms. The molecule has 1 amide bonds. The Labute approximate surface area is 128 Å². The van der Waals surface area contributed by atoms with Gasteiger partial charge in [0.05, 0.1) is 10.9 Å². The summed E-state index contributed by atoms with van der Waals surface area (Å²) in [6, 6.07) is 10.4. The van der Waals surface area contributed by atoms with Crippen molar-refractivity contribution in [2.45, 2.75) is 6.54 Å². The van der Waals surface area contributed by atoms with Crippen LogP contribution in [0.15, 0.2) is 40.5 Å². The summed E-state index contributed by atoms with van der Waals surface area (Å²) in [5.41, 5.74) is 0.483. The third-order valence-electron chi connectivity index (χ3n) is 2.96. The molecular formula is C14H9N5O2S. The predicted molar refractivity (Wildman–Crippen MR) is 81.5 cm³/mol. The average Bonchev–Trinajstić information content (AvgIpc) is 2.97. The summed E-state index contributed by atoms with van der Waals surface area (Å²) >= 11 is 1.24. The summed E-state index contributed by atoms with van der Waals surface area (Å²) in [5.74, 6) is -0.439. The van der Waals surface area contributed by atoms with E-state index in [0.717, 1.165) is 4.68 Å². The van der Waals surface area contributed by atoms with Crippen molar-refractivity contribution in [3.05, 3.63) is 51.6 Å². The number of anilines is 1. The molecule has 108 valence electrons. The number of rotatable bonds is 3. The maximum Gasteiger partial charge on any atom is 0.278 e. The minimum Gasteiger partial charge on any atom is -0.315 e. The molecule has 2 heterocycles. The molecular weight excluding hydrogens is 302 g/mol. The van der Waals surface area contributed by atoms with E-state index in [1.165, 1.54) is 11.3 Å². The highest BCUT2D eigenvalue weighted by Crippen LogP contribution is 2.21. The van der Waals surface area contributed by atoms with Crippen molar-refractivity contribution in [3.63, 3.8) is 0 Å². The molecule has 1 N–H and O–H groups in total. The smallest absolute Gasteiger partial charge is 0.278 e. The molecule has 8 heteroatoms. The van der Waals surface area contributed by atoms with Gasteiger partial charge in [0, 0.05) is 0 Å². The zero-order chi connectivity index (χ0) is 15.5. The molecule has 0 radical (unpaired) electrons. The van der Waals surface area contributed by atoms with Crippen LogP contribution in [0.2, 0.25) is 0 Å². The molecule has 0 aliphatic carbocycles. The minimum atomic E-state index is -0.439. The van der Waals surface area contributed by atoms with Crippen molar-refractivity contribution in [1.82, 2.24) is 15.0 Å². The van der Waals surface area contributed by atoms with Crippen LogP contribution in [0, 0.1) is 11.3 Å². The zero-order valence-electron chi connectivity index (χ0n) is 11.2. The first-order valence-electron chi connectivity index (χ1n) is 6.29. The first-order chi connectivity index (χ1) is 10.7. The van der Waals surface area contributed by atoms with E-state index in [1.54, 1.807) is 35.7 Å². The molecule has 0 atom stereocenters. The average molecular weight is 311 g/mol. The van der Waals surface area contributed by atoms with Gasteiger partial charge in [-0.15, -0.1) is 16.4 Å². The van der Waals surface area contributed by atoms with Gasteiger partial charge in [0.2, 0.25) is 5.91 Å². The van der Waals surface area contributed by atoms with E-state index in [2.05, 4.69) is 15.6 Å². The molecule has 2 aromatic heterocycles. The van der Waals surface area contributed by atoms with Gasteiger partial charge in [0.15, 0.2) is 0 Å². The lowest BCUT2D eigenvalue weighted by Gasteiger charge is -2.05. The number of fused-ring (bicyclic) bond motifs is 1. The lowest BCUT2D eigenvalue weighted by Crippen LogP contribution is -2.30. The monoisotopic (exact) mass is 311 g/mol. The second kappa shape index (κ2) is 5.75. The van der Waals surface area contributed by atoms with E-state index in [4.69, 9.17) is 5.26 Å². The van der Waals surface area contributed by atoms with Crippen molar-refractivity contribution in [1.29, 1.82) is 5.26 Å². The van der Waals surface area contributed by atoms with Gasteiger partial charge in [0.25, 0.3) is 5.56 Å². The van der Waals surface area contributed by atoms with Crippen molar-refractivity contribution < 1.29 is 4.79 Å². The Morgan fingerprint density at radius 1 is 1.36 bits per heavy atom. The van der Waals surface area contributed by atoms with Gasteiger partial charge in [-0.2, -0.15) is 5.26 Å². The number of nitrogens with zero attached hydrogens (tertiary/aromatic N) is 4. The molecule has 0 saturated carbocycles. The van der Waals surface area contributed by atoms with Crippen LogP contribution >= 0.6 is 11.3 Å². The number of hydrogen-bond acceptors (Lipinski definition) is 6. The normalized spacial score (nSPS) is 10.3. The fourth-order valence-corrected chi connectivity index (χ4v) is 2.68. The first kappa shape index (κ1) is 13.9. The van der Waals surface area contributed by atoms with E-state index in [1.807, 2.05) is 6.07 Å². The molecule has 22 heavy (non-hydrogen) atoms. The van der Waals surface area contributed by atoms with E-state index in [9.17, 15) is 9.59 Å². The highest BCUT2D eigenvalue weighted by molar-refractivity contribution is 7.14. The number of carbonyl (C=O) groups excluding carboxylic acids is 1. The maximum absolute atomic E-state index is 12.2. The second-order valence-electron chi connectivity index (χ2n) is 4.39. The Morgan fingerprint density at radius 3 is 3.00 bits per heavy atom. The van der Waals surface area contributed by atoms with Crippen LogP contribution in [0.3, 0.4) is 0 Å². The van der Waals surface area contributed by atoms with Gasteiger partial charge in [-0.05, 0) is 23.6 Å². The van der Waals surface area contributed by atoms with Crippen LogP contribution in [-0.4, -0.2) is 20.9 Å². The number of benzene rings is 1. The highest BCUT2D eigenvalue weighted by atomic mass is 32.1. The molecule has 3 rings (SSSR count). The van der Waals surface area contributed by atoms with Gasteiger partial charge in [-0.3, -0.25) is 9.59 Å². The Morgan fingerprint density at radius 2 is 2.18 bits per heavy atom. The largest absolute Gasteiger partial charge is 0.315 e. The third-order valence-corrected chi connectivity index (χ3v) is 3.79. The van der Waals surface area contributed by atoms with Crippen LogP contribution in [0.25, 0.3) is 10.9 Å². The summed E-state index contributed by atoms with van der Waals surface area (Å²) in [6.07, 6.45) is 0. The fraction of sp³-hybridized carbons (Fsp3) is 0.0714. The van der Waals surface area contributed by atoms with Gasteiger partial charge >= 0.3 is 0 Å². The summed E-state index contributed by atoms with van der Waals surface area (Å²) in [4.78, 5) is 24.2.